The summed E-state index contributed by atoms with van der Waals surface area (Å²) in [7, 11) is -2.99. The third-order valence-electron chi connectivity index (χ3n) is 3.52. The van der Waals surface area contributed by atoms with Crippen molar-refractivity contribution in [2.75, 3.05) is 13.7 Å². The average Bonchev–Trinajstić information content (AvgIpc) is 2.98. The van der Waals surface area contributed by atoms with Gasteiger partial charge in [-0.3, -0.25) is 4.79 Å². The molecule has 1 aromatic heterocycles. The molecule has 1 saturated carbocycles. The molecule has 1 fully saturated rings. The van der Waals surface area contributed by atoms with Crippen molar-refractivity contribution in [2.24, 2.45) is 0 Å². The zero-order valence-electron chi connectivity index (χ0n) is 11.7. The molecule has 0 unspecified atom stereocenters. The van der Waals surface area contributed by atoms with Crippen LogP contribution in [0.15, 0.2) is 23.4 Å². The monoisotopic (exact) mass is 316 g/mol. The third kappa shape index (κ3) is 3.38. The molecule has 6 nitrogen and oxygen atoms in total. The van der Waals surface area contributed by atoms with Crippen LogP contribution in [0.3, 0.4) is 0 Å². The molecule has 8 heteroatoms. The molecule has 1 heterocycles. The Bertz CT molecular complexity index is 614. The molecule has 0 N–H and O–H groups in total. The van der Waals surface area contributed by atoms with Gasteiger partial charge in [0, 0.05) is 12.2 Å². The minimum absolute atomic E-state index is 0.324. The number of aromatic nitrogens is 1. The van der Waals surface area contributed by atoms with Crippen molar-refractivity contribution in [3.63, 3.8) is 0 Å². The van der Waals surface area contributed by atoms with Crippen molar-refractivity contribution in [1.29, 1.82) is 0 Å². The summed E-state index contributed by atoms with van der Waals surface area (Å²) in [4.78, 5) is 15.1. The van der Waals surface area contributed by atoms with Crippen LogP contribution in [0.2, 0.25) is 0 Å². The van der Waals surface area contributed by atoms with Gasteiger partial charge in [0.05, 0.1) is 7.11 Å². The van der Waals surface area contributed by atoms with Crippen LogP contribution in [0, 0.1) is 5.82 Å². The van der Waals surface area contributed by atoms with Crippen molar-refractivity contribution in [3.8, 4) is 0 Å². The fourth-order valence-electron chi connectivity index (χ4n) is 2.47. The van der Waals surface area contributed by atoms with E-state index in [-0.39, 0.29) is 6.04 Å². The van der Waals surface area contributed by atoms with E-state index in [0.717, 1.165) is 23.2 Å². The molecule has 0 aromatic carbocycles. The standard InChI is InChI=1S/C13H17FN2O4S/c1-20-12(17)9-16(10-5-2-3-6-10)21(18,19)13-11(14)7-4-8-15-13/h4,7-8,10H,2-3,5-6,9H2,1H3. The lowest BCUT2D eigenvalue weighted by Gasteiger charge is -2.26. The predicted octanol–water partition coefficient (Wildman–Crippen LogP) is 1.33. The highest BCUT2D eigenvalue weighted by Crippen LogP contribution is 2.28. The first-order valence-electron chi connectivity index (χ1n) is 6.66. The number of carbonyl (C=O) groups excluding carboxylic acids is 1. The Kier molecular flexibility index (Phi) is 4.89. The summed E-state index contributed by atoms with van der Waals surface area (Å²) in [5.74, 6) is -1.60. The van der Waals surface area contributed by atoms with Crippen molar-refractivity contribution in [1.82, 2.24) is 9.29 Å². The maximum atomic E-state index is 13.8. The normalized spacial score (nSPS) is 16.3. The topological polar surface area (TPSA) is 76.6 Å². The number of esters is 1. The molecule has 1 aliphatic rings. The Morgan fingerprint density at radius 2 is 2.14 bits per heavy atom. The van der Waals surface area contributed by atoms with Crippen LogP contribution >= 0.6 is 0 Å². The number of carbonyl (C=O) groups is 1. The van der Waals surface area contributed by atoms with Crippen molar-refractivity contribution in [2.45, 2.75) is 36.8 Å². The summed E-state index contributed by atoms with van der Waals surface area (Å²) in [6, 6.07) is 2.02. The Hall–Kier alpha value is -1.54. The number of ether oxygens (including phenoxy) is 1. The first-order chi connectivity index (χ1) is 9.96. The van der Waals surface area contributed by atoms with Crippen molar-refractivity contribution >= 4 is 16.0 Å². The van der Waals surface area contributed by atoms with Crippen LogP contribution in [0.25, 0.3) is 0 Å². The van der Waals surface area contributed by atoms with Gasteiger partial charge < -0.3 is 4.74 Å². The minimum Gasteiger partial charge on any atom is -0.468 e. The summed E-state index contributed by atoms with van der Waals surface area (Å²) in [6.45, 7) is -0.431. The van der Waals surface area contributed by atoms with Crippen LogP contribution in [0.4, 0.5) is 4.39 Å². The highest BCUT2D eigenvalue weighted by atomic mass is 32.2. The van der Waals surface area contributed by atoms with E-state index in [1.807, 2.05) is 0 Å². The zero-order valence-corrected chi connectivity index (χ0v) is 12.5. The number of methoxy groups -OCH3 is 1. The highest BCUT2D eigenvalue weighted by molar-refractivity contribution is 7.89. The molecule has 0 atom stereocenters. The van der Waals surface area contributed by atoms with Gasteiger partial charge in [0.1, 0.15) is 6.54 Å². The van der Waals surface area contributed by atoms with E-state index in [2.05, 4.69) is 9.72 Å². The van der Waals surface area contributed by atoms with Gasteiger partial charge in [-0.15, -0.1) is 0 Å². The minimum atomic E-state index is -4.17. The average molecular weight is 316 g/mol. The Labute approximate surface area is 123 Å². The lowest BCUT2D eigenvalue weighted by molar-refractivity contribution is -0.141. The second-order valence-electron chi connectivity index (χ2n) is 4.86. The van der Waals surface area contributed by atoms with Crippen LogP contribution in [-0.4, -0.2) is 43.4 Å². The van der Waals surface area contributed by atoms with E-state index in [1.54, 1.807) is 0 Å². The fraction of sp³-hybridized carbons (Fsp3) is 0.538. The second kappa shape index (κ2) is 6.48. The summed E-state index contributed by atoms with van der Waals surface area (Å²) in [5, 5.41) is -0.652. The molecule has 0 bridgehead atoms. The number of sulfonamides is 1. The maximum absolute atomic E-state index is 13.8. The summed E-state index contributed by atoms with van der Waals surface area (Å²) in [5.41, 5.74) is 0. The van der Waals surface area contributed by atoms with Gasteiger partial charge >= 0.3 is 5.97 Å². The van der Waals surface area contributed by atoms with E-state index in [0.29, 0.717) is 12.8 Å². The van der Waals surface area contributed by atoms with E-state index in [4.69, 9.17) is 0 Å². The SMILES string of the molecule is COC(=O)CN(C1CCCC1)S(=O)(=O)c1ncccc1F. The smallest absolute Gasteiger partial charge is 0.321 e. The van der Waals surface area contributed by atoms with Crippen molar-refractivity contribution in [3.05, 3.63) is 24.1 Å². The van der Waals surface area contributed by atoms with Gasteiger partial charge in [-0.2, -0.15) is 4.31 Å². The van der Waals surface area contributed by atoms with Crippen LogP contribution < -0.4 is 0 Å². The fourth-order valence-corrected chi connectivity index (χ4v) is 4.08. The van der Waals surface area contributed by atoms with Gasteiger partial charge in [0.25, 0.3) is 10.0 Å². The molecule has 1 aromatic rings. The molecule has 0 radical (unpaired) electrons. The number of nitrogens with zero attached hydrogens (tertiary/aromatic N) is 2. The van der Waals surface area contributed by atoms with E-state index in [9.17, 15) is 17.6 Å². The summed E-state index contributed by atoms with van der Waals surface area (Å²) in [6.07, 6.45) is 4.25. The first kappa shape index (κ1) is 15.8. The maximum Gasteiger partial charge on any atom is 0.321 e. The van der Waals surface area contributed by atoms with Crippen LogP contribution in [0.1, 0.15) is 25.7 Å². The quantitative estimate of drug-likeness (QED) is 0.766. The number of rotatable bonds is 5. The molecule has 0 spiro atoms. The van der Waals surface area contributed by atoms with Crippen LogP contribution in [0.5, 0.6) is 0 Å². The summed E-state index contributed by atoms with van der Waals surface area (Å²) >= 11 is 0. The number of hydrogen-bond donors (Lipinski definition) is 0. The van der Waals surface area contributed by atoms with Gasteiger partial charge in [-0.1, -0.05) is 12.8 Å². The predicted molar refractivity (Wildman–Crippen MR) is 72.4 cm³/mol. The molecule has 0 aliphatic heterocycles. The largest absolute Gasteiger partial charge is 0.468 e. The van der Waals surface area contributed by atoms with E-state index in [1.165, 1.54) is 19.4 Å². The Balaban J connectivity index is 2.39. The Morgan fingerprint density at radius 1 is 1.48 bits per heavy atom. The second-order valence-corrected chi connectivity index (χ2v) is 6.66. The molecule has 2 rings (SSSR count). The zero-order chi connectivity index (χ0) is 15.5. The molecule has 0 saturated heterocycles. The van der Waals surface area contributed by atoms with E-state index < -0.39 is 33.4 Å². The van der Waals surface area contributed by atoms with Gasteiger partial charge in [0.2, 0.25) is 5.03 Å². The van der Waals surface area contributed by atoms with Crippen LogP contribution in [-0.2, 0) is 19.6 Å². The third-order valence-corrected chi connectivity index (χ3v) is 5.36. The van der Waals surface area contributed by atoms with Gasteiger partial charge in [-0.05, 0) is 25.0 Å². The lowest BCUT2D eigenvalue weighted by atomic mass is 10.2. The molecule has 0 amide bonds. The summed E-state index contributed by atoms with van der Waals surface area (Å²) < 4.78 is 44.5. The van der Waals surface area contributed by atoms with Crippen molar-refractivity contribution < 1.29 is 22.3 Å². The highest BCUT2D eigenvalue weighted by Gasteiger charge is 2.37. The molecular weight excluding hydrogens is 299 g/mol. The van der Waals surface area contributed by atoms with Gasteiger partial charge in [-0.25, -0.2) is 17.8 Å². The Morgan fingerprint density at radius 3 is 2.71 bits per heavy atom. The lowest BCUT2D eigenvalue weighted by Crippen LogP contribution is -2.43. The number of halogens is 1. The van der Waals surface area contributed by atoms with E-state index >= 15 is 0 Å². The number of pyridine rings is 1. The number of hydrogen-bond acceptors (Lipinski definition) is 5. The molecule has 1 aliphatic carbocycles. The first-order valence-corrected chi connectivity index (χ1v) is 8.10. The molecular formula is C13H17FN2O4S. The molecule has 116 valence electrons. The molecule has 21 heavy (non-hydrogen) atoms. The van der Waals surface area contributed by atoms with Gasteiger partial charge in [0.15, 0.2) is 5.82 Å².